The lowest BCUT2D eigenvalue weighted by Crippen LogP contribution is -2.43. The van der Waals surface area contributed by atoms with E-state index in [0.29, 0.717) is 17.4 Å². The molecule has 1 N–H and O–H groups in total. The van der Waals surface area contributed by atoms with Gasteiger partial charge in [-0.25, -0.2) is 9.89 Å². The molecule has 0 spiro atoms. The van der Waals surface area contributed by atoms with Crippen LogP contribution in [0.15, 0.2) is 52.4 Å². The Labute approximate surface area is 193 Å². The molecule has 0 fully saturated rings. The number of carbonyl (C=O) groups excluding carboxylic acids is 2. The maximum Gasteiger partial charge on any atom is 0.259 e. The van der Waals surface area contributed by atoms with Crippen LogP contribution in [0.2, 0.25) is 0 Å². The minimum Gasteiger partial charge on any atom is -0.325 e. The molecule has 6 nitrogen and oxygen atoms in total. The standard InChI is InChI=1S/C25H28N4O2S/c1-6-19(23(30)28-21-15(4)10-9-11-16(21)5)32-25-26-18-13-8-7-12-17(18)22-27-20(14(2)3)24(31)29(22)25/h7-14,19-20H,6H2,1-5H3,(H,28,30)/t19-,20+/m1/s1. The molecule has 0 saturated heterocycles. The molecule has 2 aliphatic heterocycles. The van der Waals surface area contributed by atoms with Crippen molar-refractivity contribution in [2.75, 3.05) is 5.32 Å². The maximum atomic E-state index is 13.2. The molecule has 2 heterocycles. The number of hydrogen-bond donors (Lipinski definition) is 1. The number of para-hydroxylation sites is 2. The van der Waals surface area contributed by atoms with Gasteiger partial charge in [0.25, 0.3) is 5.91 Å². The Kier molecular flexibility index (Phi) is 6.20. The SMILES string of the molecule is CC[C@@H](SC1=Nc2ccccc2C2=N[C@@H](C(C)C)C(=O)N12)C(=O)Nc1c(C)cccc1C. The number of nitrogens with one attached hydrogen (secondary N) is 1. The van der Waals surface area contributed by atoms with Crippen LogP contribution in [-0.4, -0.2) is 39.0 Å². The quantitative estimate of drug-likeness (QED) is 0.694. The number of nitrogens with zero attached hydrogens (tertiary/aromatic N) is 3. The van der Waals surface area contributed by atoms with Crippen molar-refractivity contribution in [1.82, 2.24) is 4.90 Å². The van der Waals surface area contributed by atoms with Gasteiger partial charge in [-0.15, -0.1) is 0 Å². The zero-order valence-electron chi connectivity index (χ0n) is 19.0. The second kappa shape index (κ2) is 8.90. The predicted molar refractivity (Wildman–Crippen MR) is 132 cm³/mol. The number of carbonyl (C=O) groups is 2. The Morgan fingerprint density at radius 2 is 1.81 bits per heavy atom. The normalized spacial score (nSPS) is 18.1. The lowest BCUT2D eigenvalue weighted by molar-refractivity contribution is -0.125. The monoisotopic (exact) mass is 448 g/mol. The minimum atomic E-state index is -0.439. The Morgan fingerprint density at radius 3 is 2.47 bits per heavy atom. The number of thioether (sulfide) groups is 1. The van der Waals surface area contributed by atoms with Crippen LogP contribution in [0, 0.1) is 19.8 Å². The topological polar surface area (TPSA) is 74.1 Å². The molecule has 7 heteroatoms. The van der Waals surface area contributed by atoms with Crippen molar-refractivity contribution in [3.8, 4) is 0 Å². The molecule has 2 amide bonds. The average Bonchev–Trinajstić information content (AvgIpc) is 3.12. The van der Waals surface area contributed by atoms with Gasteiger partial charge in [0.1, 0.15) is 11.9 Å². The summed E-state index contributed by atoms with van der Waals surface area (Å²) in [4.78, 5) is 37.6. The molecule has 0 unspecified atom stereocenters. The van der Waals surface area contributed by atoms with E-state index in [1.165, 1.54) is 11.8 Å². The van der Waals surface area contributed by atoms with Crippen LogP contribution in [0.1, 0.15) is 43.9 Å². The first-order valence-electron chi connectivity index (χ1n) is 11.0. The van der Waals surface area contributed by atoms with Crippen LogP contribution in [0.5, 0.6) is 0 Å². The second-order valence-corrected chi connectivity index (χ2v) is 9.67. The van der Waals surface area contributed by atoms with Crippen molar-refractivity contribution in [3.05, 3.63) is 59.2 Å². The van der Waals surface area contributed by atoms with Gasteiger partial charge in [0.2, 0.25) is 5.91 Å². The first-order valence-corrected chi connectivity index (χ1v) is 11.8. The smallest absolute Gasteiger partial charge is 0.259 e. The van der Waals surface area contributed by atoms with Gasteiger partial charge in [0.05, 0.1) is 10.9 Å². The molecule has 2 aromatic rings. The van der Waals surface area contributed by atoms with Crippen LogP contribution >= 0.6 is 11.8 Å². The van der Waals surface area contributed by atoms with E-state index in [-0.39, 0.29) is 17.7 Å². The Bertz CT molecular complexity index is 1120. The van der Waals surface area contributed by atoms with Gasteiger partial charge in [0, 0.05) is 11.3 Å². The molecule has 0 aliphatic carbocycles. The molecule has 2 aromatic carbocycles. The van der Waals surface area contributed by atoms with E-state index in [0.717, 1.165) is 28.1 Å². The summed E-state index contributed by atoms with van der Waals surface area (Å²) in [5.41, 5.74) is 4.50. The van der Waals surface area contributed by atoms with Crippen LogP contribution in [0.25, 0.3) is 0 Å². The Balaban J connectivity index is 1.65. The van der Waals surface area contributed by atoms with Gasteiger partial charge in [0.15, 0.2) is 5.17 Å². The van der Waals surface area contributed by atoms with Crippen molar-refractivity contribution in [3.63, 3.8) is 0 Å². The summed E-state index contributed by atoms with van der Waals surface area (Å²) >= 11 is 1.32. The van der Waals surface area contributed by atoms with Crippen molar-refractivity contribution >= 4 is 46.0 Å². The lowest BCUT2D eigenvalue weighted by atomic mass is 10.1. The van der Waals surface area contributed by atoms with Crippen molar-refractivity contribution in [1.29, 1.82) is 0 Å². The highest BCUT2D eigenvalue weighted by molar-refractivity contribution is 8.15. The highest BCUT2D eigenvalue weighted by Crippen LogP contribution is 2.36. The number of fused-ring (bicyclic) bond motifs is 3. The fraction of sp³-hybridized carbons (Fsp3) is 0.360. The van der Waals surface area contributed by atoms with Crippen molar-refractivity contribution < 1.29 is 9.59 Å². The van der Waals surface area contributed by atoms with Crippen molar-refractivity contribution in [2.45, 2.75) is 52.3 Å². The number of anilines is 1. The Morgan fingerprint density at radius 1 is 1.12 bits per heavy atom. The number of amides is 2. The number of benzene rings is 2. The fourth-order valence-electron chi connectivity index (χ4n) is 3.95. The third-order valence-electron chi connectivity index (χ3n) is 5.77. The second-order valence-electron chi connectivity index (χ2n) is 8.50. The van der Waals surface area contributed by atoms with Crippen LogP contribution in [0.4, 0.5) is 11.4 Å². The summed E-state index contributed by atoms with van der Waals surface area (Å²) in [6.07, 6.45) is 0.601. The van der Waals surface area contributed by atoms with E-state index in [9.17, 15) is 9.59 Å². The predicted octanol–water partition coefficient (Wildman–Crippen LogP) is 5.07. The van der Waals surface area contributed by atoms with Crippen LogP contribution in [-0.2, 0) is 9.59 Å². The number of rotatable bonds is 5. The minimum absolute atomic E-state index is 0.0771. The third kappa shape index (κ3) is 3.97. The number of hydrogen-bond acceptors (Lipinski definition) is 5. The summed E-state index contributed by atoms with van der Waals surface area (Å²) in [6.45, 7) is 9.92. The highest BCUT2D eigenvalue weighted by atomic mass is 32.2. The molecular weight excluding hydrogens is 420 g/mol. The van der Waals surface area contributed by atoms with Crippen LogP contribution < -0.4 is 5.32 Å². The molecule has 0 bridgehead atoms. The average molecular weight is 449 g/mol. The first kappa shape index (κ1) is 22.3. The third-order valence-corrected chi connectivity index (χ3v) is 7.09. The number of amidine groups is 2. The summed E-state index contributed by atoms with van der Waals surface area (Å²) < 4.78 is 0. The molecule has 0 radical (unpaired) electrons. The van der Waals surface area contributed by atoms with Crippen molar-refractivity contribution in [2.24, 2.45) is 15.9 Å². The first-order chi connectivity index (χ1) is 15.3. The van der Waals surface area contributed by atoms with E-state index in [2.05, 4.69) is 5.32 Å². The summed E-state index contributed by atoms with van der Waals surface area (Å²) in [7, 11) is 0. The molecular formula is C25H28N4O2S. The van der Waals surface area contributed by atoms with E-state index in [1.54, 1.807) is 4.90 Å². The highest BCUT2D eigenvalue weighted by Gasteiger charge is 2.43. The zero-order valence-corrected chi connectivity index (χ0v) is 19.9. The van der Waals surface area contributed by atoms with Gasteiger partial charge >= 0.3 is 0 Å². The van der Waals surface area contributed by atoms with Gasteiger partial charge in [-0.2, -0.15) is 0 Å². The zero-order chi connectivity index (χ0) is 23.0. The van der Waals surface area contributed by atoms with Crippen LogP contribution in [0.3, 0.4) is 0 Å². The number of aryl methyl sites for hydroxylation is 2. The molecule has 32 heavy (non-hydrogen) atoms. The van der Waals surface area contributed by atoms with E-state index in [4.69, 9.17) is 9.98 Å². The Hall–Kier alpha value is -2.93. The van der Waals surface area contributed by atoms with Gasteiger partial charge in [-0.05, 0) is 49.4 Å². The summed E-state index contributed by atoms with van der Waals surface area (Å²) in [6, 6.07) is 13.2. The molecule has 4 rings (SSSR count). The largest absolute Gasteiger partial charge is 0.325 e. The molecule has 2 aliphatic rings. The fourth-order valence-corrected chi connectivity index (χ4v) is 4.97. The summed E-state index contributed by atoms with van der Waals surface area (Å²) in [5.74, 6) is 0.530. The van der Waals surface area contributed by atoms with Gasteiger partial charge < -0.3 is 5.32 Å². The van der Waals surface area contributed by atoms with E-state index >= 15 is 0 Å². The lowest BCUT2D eigenvalue weighted by Gasteiger charge is -2.27. The van der Waals surface area contributed by atoms with Gasteiger partial charge in [-0.3, -0.25) is 14.6 Å². The van der Waals surface area contributed by atoms with Gasteiger partial charge in [-0.1, -0.05) is 62.9 Å². The summed E-state index contributed by atoms with van der Waals surface area (Å²) in [5, 5.41) is 3.20. The molecule has 166 valence electrons. The number of aliphatic imine (C=N–C) groups is 2. The van der Waals surface area contributed by atoms with E-state index < -0.39 is 11.3 Å². The van der Waals surface area contributed by atoms with E-state index in [1.807, 2.05) is 77.1 Å². The molecule has 2 atom stereocenters. The molecule has 0 aromatic heterocycles. The molecule has 0 saturated carbocycles. The maximum absolute atomic E-state index is 13.2.